The first-order chi connectivity index (χ1) is 14.6. The van der Waals surface area contributed by atoms with Crippen molar-refractivity contribution in [3.8, 4) is 5.75 Å². The van der Waals surface area contributed by atoms with Gasteiger partial charge in [-0.3, -0.25) is 9.59 Å². The summed E-state index contributed by atoms with van der Waals surface area (Å²) in [6.45, 7) is 3.80. The van der Waals surface area contributed by atoms with Crippen LogP contribution in [0, 0.1) is 0 Å². The third-order valence-electron chi connectivity index (χ3n) is 6.01. The highest BCUT2D eigenvalue weighted by Crippen LogP contribution is 2.33. The van der Waals surface area contributed by atoms with E-state index in [0.29, 0.717) is 24.0 Å². The Morgan fingerprint density at radius 1 is 1.13 bits per heavy atom. The number of carbonyl (C=O) groups excluding carboxylic acids is 1. The number of carbonyl (C=O) groups is 1. The summed E-state index contributed by atoms with van der Waals surface area (Å²) in [5.74, 6) is 0.754. The molecule has 0 spiro atoms. The molecule has 3 heterocycles. The molecule has 1 amide bonds. The van der Waals surface area contributed by atoms with Crippen LogP contribution in [0.15, 0.2) is 41.2 Å². The van der Waals surface area contributed by atoms with E-state index in [9.17, 15) is 9.59 Å². The fourth-order valence-electron chi connectivity index (χ4n) is 4.31. The van der Waals surface area contributed by atoms with Crippen molar-refractivity contribution < 1.29 is 9.53 Å². The SMILES string of the molecule is CN1CCN(C(=O)c2cc(Cc3n[nH]c(=O)c4ccccc34)cc3c2OCC3)CC1. The monoisotopic (exact) mass is 404 g/mol. The van der Waals surface area contributed by atoms with Crippen molar-refractivity contribution in [3.63, 3.8) is 0 Å². The molecule has 0 radical (unpaired) electrons. The highest BCUT2D eigenvalue weighted by molar-refractivity contribution is 5.98. The number of fused-ring (bicyclic) bond motifs is 2. The topological polar surface area (TPSA) is 78.5 Å². The number of piperazine rings is 1. The Kier molecular flexibility index (Phi) is 4.75. The first-order valence-electron chi connectivity index (χ1n) is 10.3. The van der Waals surface area contributed by atoms with E-state index < -0.39 is 0 Å². The average Bonchev–Trinajstić information content (AvgIpc) is 3.24. The van der Waals surface area contributed by atoms with E-state index in [-0.39, 0.29) is 11.5 Å². The molecule has 2 aliphatic rings. The second-order valence-corrected chi connectivity index (χ2v) is 8.05. The number of ether oxygens (including phenoxy) is 1. The van der Waals surface area contributed by atoms with Gasteiger partial charge in [-0.05, 0) is 30.3 Å². The molecule has 154 valence electrons. The van der Waals surface area contributed by atoms with Crippen LogP contribution in [0.25, 0.3) is 10.8 Å². The number of hydrogen-bond acceptors (Lipinski definition) is 5. The largest absolute Gasteiger partial charge is 0.492 e. The van der Waals surface area contributed by atoms with Gasteiger partial charge in [0.05, 0.1) is 23.3 Å². The van der Waals surface area contributed by atoms with Gasteiger partial charge in [-0.1, -0.05) is 24.3 Å². The number of hydrogen-bond donors (Lipinski definition) is 1. The Morgan fingerprint density at radius 3 is 2.70 bits per heavy atom. The zero-order valence-corrected chi connectivity index (χ0v) is 17.0. The van der Waals surface area contributed by atoms with Gasteiger partial charge in [0.15, 0.2) is 0 Å². The quantitative estimate of drug-likeness (QED) is 0.721. The highest BCUT2D eigenvalue weighted by Gasteiger charge is 2.27. The summed E-state index contributed by atoms with van der Waals surface area (Å²) in [6.07, 6.45) is 1.33. The fourth-order valence-corrected chi connectivity index (χ4v) is 4.31. The third kappa shape index (κ3) is 3.35. The third-order valence-corrected chi connectivity index (χ3v) is 6.01. The summed E-state index contributed by atoms with van der Waals surface area (Å²) in [5.41, 5.74) is 3.31. The average molecular weight is 404 g/mol. The van der Waals surface area contributed by atoms with Crippen molar-refractivity contribution in [2.24, 2.45) is 0 Å². The molecule has 0 saturated carbocycles. The van der Waals surface area contributed by atoms with Crippen LogP contribution in [0.1, 0.15) is 27.2 Å². The van der Waals surface area contributed by atoms with Crippen LogP contribution < -0.4 is 10.3 Å². The Bertz CT molecular complexity index is 1180. The molecule has 0 atom stereocenters. The highest BCUT2D eigenvalue weighted by atomic mass is 16.5. The smallest absolute Gasteiger partial charge is 0.272 e. The minimum absolute atomic E-state index is 0.0300. The van der Waals surface area contributed by atoms with Crippen molar-refractivity contribution >= 4 is 16.7 Å². The van der Waals surface area contributed by atoms with Crippen molar-refractivity contribution in [2.45, 2.75) is 12.8 Å². The number of benzene rings is 2. The van der Waals surface area contributed by atoms with E-state index in [1.54, 1.807) is 6.07 Å². The van der Waals surface area contributed by atoms with E-state index in [2.05, 4.69) is 28.2 Å². The standard InChI is InChI=1S/C23H24N4O3/c1-26-7-9-27(10-8-26)23(29)19-13-15(12-16-6-11-30-21(16)19)14-20-17-4-2-3-5-18(17)22(28)25-24-20/h2-5,12-13H,6-11,14H2,1H3,(H,25,28). The molecule has 0 unspecified atom stereocenters. The predicted octanol–water partition coefficient (Wildman–Crippen LogP) is 1.84. The van der Waals surface area contributed by atoms with Gasteiger partial charge >= 0.3 is 0 Å². The molecular formula is C23H24N4O3. The number of nitrogens with one attached hydrogen (secondary N) is 1. The summed E-state index contributed by atoms with van der Waals surface area (Å²) < 4.78 is 5.83. The maximum absolute atomic E-state index is 13.3. The predicted molar refractivity (Wildman–Crippen MR) is 114 cm³/mol. The summed E-state index contributed by atoms with van der Waals surface area (Å²) in [6, 6.07) is 11.5. The van der Waals surface area contributed by atoms with Crippen LogP contribution in [0.4, 0.5) is 0 Å². The second kappa shape index (κ2) is 7.57. The van der Waals surface area contributed by atoms with Gasteiger partial charge in [0.1, 0.15) is 5.75 Å². The number of likely N-dealkylation sites (N-methyl/N-ethyl adjacent to an activating group) is 1. The summed E-state index contributed by atoms with van der Waals surface area (Å²) >= 11 is 0. The summed E-state index contributed by atoms with van der Waals surface area (Å²) in [5, 5.41) is 8.36. The maximum Gasteiger partial charge on any atom is 0.272 e. The van der Waals surface area contributed by atoms with Gasteiger partial charge in [-0.15, -0.1) is 0 Å². The lowest BCUT2D eigenvalue weighted by molar-refractivity contribution is 0.0660. The van der Waals surface area contributed by atoms with Gasteiger partial charge in [0.2, 0.25) is 0 Å². The second-order valence-electron chi connectivity index (χ2n) is 8.05. The molecule has 1 fully saturated rings. The molecule has 3 aromatic rings. The van der Waals surface area contributed by atoms with Crippen molar-refractivity contribution in [1.29, 1.82) is 0 Å². The molecule has 2 aromatic carbocycles. The Morgan fingerprint density at radius 2 is 1.90 bits per heavy atom. The minimum atomic E-state index is -0.192. The molecule has 7 nitrogen and oxygen atoms in total. The fraction of sp³-hybridized carbons (Fsp3) is 0.348. The number of nitrogens with zero attached hydrogens (tertiary/aromatic N) is 3. The van der Waals surface area contributed by atoms with E-state index in [4.69, 9.17) is 4.74 Å². The van der Waals surface area contributed by atoms with E-state index >= 15 is 0 Å². The maximum atomic E-state index is 13.3. The van der Waals surface area contributed by atoms with Gasteiger partial charge in [-0.2, -0.15) is 5.10 Å². The van der Waals surface area contributed by atoms with Gasteiger partial charge < -0.3 is 14.5 Å². The molecule has 1 saturated heterocycles. The number of aromatic amines is 1. The van der Waals surface area contributed by atoms with Crippen molar-refractivity contribution in [2.75, 3.05) is 39.8 Å². The minimum Gasteiger partial charge on any atom is -0.492 e. The van der Waals surface area contributed by atoms with Gasteiger partial charge in [0, 0.05) is 44.4 Å². The Hall–Kier alpha value is -3.19. The van der Waals surface area contributed by atoms with Crippen molar-refractivity contribution in [3.05, 3.63) is 69.1 Å². The first-order valence-corrected chi connectivity index (χ1v) is 10.3. The van der Waals surface area contributed by atoms with E-state index in [1.165, 1.54) is 0 Å². The lowest BCUT2D eigenvalue weighted by atomic mass is 9.98. The van der Waals surface area contributed by atoms with Crippen LogP contribution in [-0.2, 0) is 12.8 Å². The molecule has 1 aromatic heterocycles. The summed E-state index contributed by atoms with van der Waals surface area (Å²) in [4.78, 5) is 29.5. The van der Waals surface area contributed by atoms with E-state index in [0.717, 1.165) is 60.6 Å². The molecule has 2 aliphatic heterocycles. The zero-order chi connectivity index (χ0) is 20.7. The molecule has 30 heavy (non-hydrogen) atoms. The molecule has 0 aliphatic carbocycles. The number of H-pyrrole nitrogens is 1. The molecule has 7 heteroatoms. The number of amides is 1. The molecule has 0 bridgehead atoms. The lowest BCUT2D eigenvalue weighted by Crippen LogP contribution is -2.47. The van der Waals surface area contributed by atoms with Crippen molar-refractivity contribution in [1.82, 2.24) is 20.0 Å². The van der Waals surface area contributed by atoms with Gasteiger partial charge in [0.25, 0.3) is 11.5 Å². The zero-order valence-electron chi connectivity index (χ0n) is 17.0. The van der Waals surface area contributed by atoms with E-state index in [1.807, 2.05) is 29.2 Å². The van der Waals surface area contributed by atoms with Crippen LogP contribution in [0.2, 0.25) is 0 Å². The van der Waals surface area contributed by atoms with Crippen LogP contribution in [0.5, 0.6) is 5.75 Å². The van der Waals surface area contributed by atoms with Crippen LogP contribution >= 0.6 is 0 Å². The number of aromatic nitrogens is 2. The number of rotatable bonds is 3. The van der Waals surface area contributed by atoms with Crippen LogP contribution in [0.3, 0.4) is 0 Å². The lowest BCUT2D eigenvalue weighted by Gasteiger charge is -2.32. The molecular weight excluding hydrogens is 380 g/mol. The Labute approximate surface area is 174 Å². The summed E-state index contributed by atoms with van der Waals surface area (Å²) in [7, 11) is 2.07. The molecule has 1 N–H and O–H groups in total. The van der Waals surface area contributed by atoms with Gasteiger partial charge in [-0.25, -0.2) is 5.10 Å². The normalized spacial score (nSPS) is 16.5. The Balaban J connectivity index is 1.52. The molecule has 5 rings (SSSR count). The van der Waals surface area contributed by atoms with Crippen LogP contribution in [-0.4, -0.2) is 65.7 Å². The first kappa shape index (κ1) is 18.8.